The van der Waals surface area contributed by atoms with E-state index >= 15 is 0 Å². The summed E-state index contributed by atoms with van der Waals surface area (Å²) in [6.45, 7) is 0.555. The first-order valence-corrected chi connectivity index (χ1v) is 7.13. The number of nitrogens with one attached hydrogen (secondary N) is 1. The number of halogens is 1. The summed E-state index contributed by atoms with van der Waals surface area (Å²) >= 11 is 5.73. The van der Waals surface area contributed by atoms with Crippen molar-refractivity contribution in [2.75, 3.05) is 19.6 Å². The van der Waals surface area contributed by atoms with Gasteiger partial charge in [-0.25, -0.2) is 0 Å². The van der Waals surface area contributed by atoms with Gasteiger partial charge in [0.1, 0.15) is 0 Å². The Balaban J connectivity index is 1.82. The third kappa shape index (κ3) is 3.14. The molecule has 0 aliphatic heterocycles. The minimum Gasteiger partial charge on any atom is -0.383 e. The number of fused-ring (bicyclic) bond motifs is 2. The highest BCUT2D eigenvalue weighted by Gasteiger charge is 2.43. The lowest BCUT2D eigenvalue weighted by Crippen LogP contribution is -2.43. The lowest BCUT2D eigenvalue weighted by molar-refractivity contribution is -0.127. The van der Waals surface area contributed by atoms with E-state index < -0.39 is 0 Å². The molecule has 0 saturated heterocycles. The van der Waals surface area contributed by atoms with Crippen LogP contribution in [-0.4, -0.2) is 31.5 Å². The second kappa shape index (κ2) is 6.05. The molecule has 2 saturated carbocycles. The summed E-state index contributed by atoms with van der Waals surface area (Å²) in [5.74, 6) is 2.49. The van der Waals surface area contributed by atoms with Crippen LogP contribution in [0.3, 0.4) is 0 Å². The molecule has 2 rings (SSSR count). The van der Waals surface area contributed by atoms with Crippen LogP contribution >= 0.6 is 11.6 Å². The summed E-state index contributed by atoms with van der Waals surface area (Å²) in [6.07, 6.45) is 5.71. The number of hydrogen-bond donors (Lipinski definition) is 1. The van der Waals surface area contributed by atoms with Gasteiger partial charge in [-0.3, -0.25) is 4.79 Å². The van der Waals surface area contributed by atoms with Gasteiger partial charge in [0, 0.05) is 18.9 Å². The Morgan fingerprint density at radius 3 is 2.82 bits per heavy atom. The van der Waals surface area contributed by atoms with E-state index in [1.54, 1.807) is 7.11 Å². The Bertz CT molecular complexity index is 266. The van der Waals surface area contributed by atoms with Crippen LogP contribution in [0.25, 0.3) is 0 Å². The van der Waals surface area contributed by atoms with Crippen molar-refractivity contribution in [3.63, 3.8) is 0 Å². The smallest absolute Gasteiger partial charge is 0.223 e. The van der Waals surface area contributed by atoms with E-state index in [-0.39, 0.29) is 17.9 Å². The van der Waals surface area contributed by atoms with E-state index in [9.17, 15) is 4.79 Å². The zero-order valence-electron chi connectivity index (χ0n) is 10.5. The maximum atomic E-state index is 12.2. The average Bonchev–Trinajstić information content (AvgIpc) is 2.91. The molecule has 98 valence electrons. The molecular weight excluding hydrogens is 238 g/mol. The lowest BCUT2D eigenvalue weighted by atomic mass is 9.88. The van der Waals surface area contributed by atoms with E-state index in [0.29, 0.717) is 18.4 Å². The SMILES string of the molecule is COCC(CCCl)NC(=O)C1CC2CCC1C2. The number of hydrogen-bond acceptors (Lipinski definition) is 2. The van der Waals surface area contributed by atoms with Gasteiger partial charge in [-0.1, -0.05) is 6.42 Å². The largest absolute Gasteiger partial charge is 0.383 e. The molecule has 2 aliphatic carbocycles. The molecule has 17 heavy (non-hydrogen) atoms. The quantitative estimate of drug-likeness (QED) is 0.743. The van der Waals surface area contributed by atoms with Gasteiger partial charge in [-0.15, -0.1) is 11.6 Å². The van der Waals surface area contributed by atoms with E-state index in [1.165, 1.54) is 19.3 Å². The molecule has 3 nitrogen and oxygen atoms in total. The van der Waals surface area contributed by atoms with Crippen LogP contribution in [0, 0.1) is 17.8 Å². The first-order valence-electron chi connectivity index (χ1n) is 6.59. The lowest BCUT2D eigenvalue weighted by Gasteiger charge is -2.24. The highest BCUT2D eigenvalue weighted by atomic mass is 35.5. The molecule has 2 aliphatic rings. The molecule has 4 heteroatoms. The van der Waals surface area contributed by atoms with Crippen molar-refractivity contribution in [3.05, 3.63) is 0 Å². The first kappa shape index (κ1) is 13.2. The predicted molar refractivity (Wildman–Crippen MR) is 68.1 cm³/mol. The monoisotopic (exact) mass is 259 g/mol. The van der Waals surface area contributed by atoms with Crippen molar-refractivity contribution in [2.45, 2.75) is 38.1 Å². The number of alkyl halides is 1. The van der Waals surface area contributed by atoms with Gasteiger partial charge in [0.15, 0.2) is 0 Å². The van der Waals surface area contributed by atoms with Crippen molar-refractivity contribution in [2.24, 2.45) is 17.8 Å². The number of carbonyl (C=O) groups excluding carboxylic acids is 1. The Morgan fingerprint density at radius 1 is 1.47 bits per heavy atom. The second-order valence-electron chi connectivity index (χ2n) is 5.42. The van der Waals surface area contributed by atoms with E-state index in [2.05, 4.69) is 5.32 Å². The molecule has 0 aromatic carbocycles. The third-order valence-corrected chi connectivity index (χ3v) is 4.46. The molecule has 0 radical (unpaired) electrons. The fraction of sp³-hybridized carbons (Fsp3) is 0.923. The Hall–Kier alpha value is -0.280. The molecule has 2 fully saturated rings. The number of methoxy groups -OCH3 is 1. The van der Waals surface area contributed by atoms with Gasteiger partial charge in [0.05, 0.1) is 12.6 Å². The minimum absolute atomic E-state index is 0.0733. The number of ether oxygens (including phenoxy) is 1. The highest BCUT2D eigenvalue weighted by molar-refractivity contribution is 6.17. The summed E-state index contributed by atoms with van der Waals surface area (Å²) in [4.78, 5) is 12.2. The summed E-state index contributed by atoms with van der Waals surface area (Å²) in [5, 5.41) is 3.10. The van der Waals surface area contributed by atoms with Crippen LogP contribution in [0.2, 0.25) is 0 Å². The van der Waals surface area contributed by atoms with Crippen LogP contribution < -0.4 is 5.32 Å². The van der Waals surface area contributed by atoms with Gasteiger partial charge in [-0.2, -0.15) is 0 Å². The molecule has 1 N–H and O–H groups in total. The average molecular weight is 260 g/mol. The molecular formula is C13H22ClNO2. The second-order valence-corrected chi connectivity index (χ2v) is 5.80. The molecule has 0 heterocycles. The fourth-order valence-electron chi connectivity index (χ4n) is 3.40. The van der Waals surface area contributed by atoms with Crippen LogP contribution in [0.1, 0.15) is 32.1 Å². The van der Waals surface area contributed by atoms with Crippen molar-refractivity contribution < 1.29 is 9.53 Å². The van der Waals surface area contributed by atoms with E-state index in [1.807, 2.05) is 0 Å². The topological polar surface area (TPSA) is 38.3 Å². The van der Waals surface area contributed by atoms with Crippen LogP contribution in [0.4, 0.5) is 0 Å². The fourth-order valence-corrected chi connectivity index (χ4v) is 3.67. The van der Waals surface area contributed by atoms with Crippen molar-refractivity contribution in [1.29, 1.82) is 0 Å². The standard InChI is InChI=1S/C13H22ClNO2/c1-17-8-11(4-5-14)15-13(16)12-7-9-2-3-10(12)6-9/h9-12H,2-8H2,1H3,(H,15,16). The Kier molecular flexibility index (Phi) is 4.69. The normalized spacial score (nSPS) is 32.7. The maximum absolute atomic E-state index is 12.2. The molecule has 0 aromatic rings. The molecule has 4 atom stereocenters. The molecule has 0 aromatic heterocycles. The van der Waals surface area contributed by atoms with Gasteiger partial charge in [0.2, 0.25) is 5.91 Å². The van der Waals surface area contributed by atoms with E-state index in [4.69, 9.17) is 16.3 Å². The zero-order chi connectivity index (χ0) is 12.3. The highest BCUT2D eigenvalue weighted by Crippen LogP contribution is 2.48. The maximum Gasteiger partial charge on any atom is 0.223 e. The minimum atomic E-state index is 0.0733. The number of rotatable bonds is 6. The van der Waals surface area contributed by atoms with Crippen molar-refractivity contribution >= 4 is 17.5 Å². The molecule has 4 unspecified atom stereocenters. The van der Waals surface area contributed by atoms with Crippen LogP contribution in [0.5, 0.6) is 0 Å². The molecule has 1 amide bonds. The van der Waals surface area contributed by atoms with Gasteiger partial charge in [0.25, 0.3) is 0 Å². The molecule has 2 bridgehead atoms. The van der Waals surface area contributed by atoms with Crippen LogP contribution in [-0.2, 0) is 9.53 Å². The van der Waals surface area contributed by atoms with Crippen molar-refractivity contribution in [1.82, 2.24) is 5.32 Å². The zero-order valence-corrected chi connectivity index (χ0v) is 11.2. The van der Waals surface area contributed by atoms with Gasteiger partial charge >= 0.3 is 0 Å². The van der Waals surface area contributed by atoms with Gasteiger partial charge < -0.3 is 10.1 Å². The number of amides is 1. The Morgan fingerprint density at radius 2 is 2.29 bits per heavy atom. The van der Waals surface area contributed by atoms with E-state index in [0.717, 1.165) is 18.8 Å². The predicted octanol–water partition coefficient (Wildman–Crippen LogP) is 2.18. The van der Waals surface area contributed by atoms with Gasteiger partial charge in [-0.05, 0) is 37.5 Å². The summed E-state index contributed by atoms with van der Waals surface area (Å²) < 4.78 is 5.11. The third-order valence-electron chi connectivity index (χ3n) is 4.25. The van der Waals surface area contributed by atoms with Crippen LogP contribution in [0.15, 0.2) is 0 Å². The summed E-state index contributed by atoms with van der Waals surface area (Å²) in [5.41, 5.74) is 0. The first-order chi connectivity index (χ1) is 8.24. The number of carbonyl (C=O) groups is 1. The Labute approximate surface area is 108 Å². The summed E-state index contributed by atoms with van der Waals surface area (Å²) in [6, 6.07) is 0.0733. The van der Waals surface area contributed by atoms with Crippen molar-refractivity contribution in [3.8, 4) is 0 Å². The summed E-state index contributed by atoms with van der Waals surface area (Å²) in [7, 11) is 1.66. The molecule has 0 spiro atoms.